The molecule has 0 aromatic heterocycles. The molecule has 3 heterocycles. The first-order chi connectivity index (χ1) is 24.6. The van der Waals surface area contributed by atoms with E-state index in [0.29, 0.717) is 5.75 Å². The average molecular weight is 704 g/mol. The fourth-order valence-electron chi connectivity index (χ4n) is 7.91. The van der Waals surface area contributed by atoms with Gasteiger partial charge in [-0.25, -0.2) is 8.78 Å². The van der Waals surface area contributed by atoms with Crippen molar-refractivity contribution in [2.45, 2.75) is 40.0 Å². The van der Waals surface area contributed by atoms with Crippen LogP contribution in [0.5, 0.6) is 0 Å². The van der Waals surface area contributed by atoms with Crippen LogP contribution < -0.4 is 21.3 Å². The highest BCUT2D eigenvalue weighted by Gasteiger charge is 2.43. The second-order valence-electron chi connectivity index (χ2n) is 12.8. The number of fused-ring (bicyclic) bond motifs is 6. The van der Waals surface area contributed by atoms with Gasteiger partial charge in [0.1, 0.15) is 11.6 Å². The Morgan fingerprint density at radius 3 is 1.58 bits per heavy atom. The van der Waals surface area contributed by atoms with Gasteiger partial charge < -0.3 is 4.90 Å². The van der Waals surface area contributed by atoms with E-state index in [1.807, 2.05) is 72.1 Å². The third kappa shape index (κ3) is 4.57. The monoisotopic (exact) mass is 703 g/mol. The molecule has 0 saturated carbocycles. The number of rotatable bonds is 4. The van der Waals surface area contributed by atoms with Crippen LogP contribution in [0, 0.1) is 11.6 Å². The highest BCUT2D eigenvalue weighted by Crippen LogP contribution is 2.77. The maximum atomic E-state index is 15.7. The van der Waals surface area contributed by atoms with Gasteiger partial charge in [-0.05, 0) is 88.7 Å². The fraction of sp³-hybridized carbons (Fsp3) is 0.0233. The predicted molar refractivity (Wildman–Crippen MR) is 206 cm³/mol. The lowest BCUT2D eigenvalue weighted by molar-refractivity contribution is 0.622. The van der Waals surface area contributed by atoms with E-state index in [4.69, 9.17) is 0 Å². The van der Waals surface area contributed by atoms with E-state index >= 15 is 8.78 Å². The molecule has 7 heteroatoms. The zero-order valence-corrected chi connectivity index (χ0v) is 29.2. The van der Waals surface area contributed by atoms with Crippen LogP contribution in [-0.2, 0) is 5.75 Å². The summed E-state index contributed by atoms with van der Waals surface area (Å²) in [6.07, 6.45) is 0. The number of halogens is 2. The molecule has 0 atom stereocenters. The van der Waals surface area contributed by atoms with Crippen LogP contribution in [-0.4, -0.2) is 6.71 Å². The van der Waals surface area contributed by atoms with Gasteiger partial charge in [-0.3, -0.25) is 0 Å². The molecular formula is C43H28BF2NS3. The first-order valence-corrected chi connectivity index (χ1v) is 20.0. The van der Waals surface area contributed by atoms with E-state index < -0.39 is 10.0 Å². The number of benzene rings is 7. The van der Waals surface area contributed by atoms with Gasteiger partial charge in [0.25, 0.3) is 0 Å². The number of hydrogen-bond donors (Lipinski definition) is 0. The van der Waals surface area contributed by atoms with Gasteiger partial charge in [-0.15, -0.1) is 0 Å². The van der Waals surface area contributed by atoms with Crippen LogP contribution in [0.1, 0.15) is 5.56 Å². The summed E-state index contributed by atoms with van der Waals surface area (Å²) < 4.78 is 31.3. The van der Waals surface area contributed by atoms with Crippen LogP contribution in [0.3, 0.4) is 0 Å². The zero-order valence-electron chi connectivity index (χ0n) is 26.7. The minimum atomic E-state index is -2.18. The summed E-state index contributed by atoms with van der Waals surface area (Å²) in [5.41, 5.74) is 7.97. The van der Waals surface area contributed by atoms with E-state index in [1.165, 1.54) is 36.0 Å². The van der Waals surface area contributed by atoms with Gasteiger partial charge in [0, 0.05) is 40.8 Å². The van der Waals surface area contributed by atoms with Crippen LogP contribution in [0.15, 0.2) is 192 Å². The average Bonchev–Trinajstić information content (AvgIpc) is 3.15. The maximum Gasteiger partial charge on any atom is 0.247 e. The molecule has 0 amide bonds. The van der Waals surface area contributed by atoms with Crippen molar-refractivity contribution < 1.29 is 8.78 Å². The second kappa shape index (κ2) is 11.7. The van der Waals surface area contributed by atoms with Crippen LogP contribution in [0.25, 0.3) is 0 Å². The molecular weight excluding hydrogens is 675 g/mol. The van der Waals surface area contributed by atoms with Gasteiger partial charge in [0.05, 0.1) is 11.4 Å². The van der Waals surface area contributed by atoms with Gasteiger partial charge in [0.2, 0.25) is 6.71 Å². The first kappa shape index (κ1) is 30.2. The smallest absolute Gasteiger partial charge is 0.247 e. The molecule has 240 valence electrons. The van der Waals surface area contributed by atoms with E-state index in [9.17, 15) is 0 Å². The summed E-state index contributed by atoms with van der Waals surface area (Å²) in [7, 11) is -2.18. The molecule has 50 heavy (non-hydrogen) atoms. The quantitative estimate of drug-likeness (QED) is 0.168. The highest BCUT2D eigenvalue weighted by atomic mass is 32.3. The van der Waals surface area contributed by atoms with E-state index in [0.717, 1.165) is 37.3 Å². The van der Waals surface area contributed by atoms with Crippen molar-refractivity contribution in [3.05, 3.63) is 175 Å². The fourth-order valence-corrected chi connectivity index (χ4v) is 14.6. The molecule has 0 unspecified atom stereocenters. The van der Waals surface area contributed by atoms with Crippen molar-refractivity contribution in [3.63, 3.8) is 0 Å². The Kier molecular flexibility index (Phi) is 7.06. The highest BCUT2D eigenvalue weighted by molar-refractivity contribution is 8.33. The van der Waals surface area contributed by atoms with Crippen LogP contribution in [0.2, 0.25) is 0 Å². The summed E-state index contributed by atoms with van der Waals surface area (Å²) in [6, 6.07) is 53.1. The summed E-state index contributed by atoms with van der Waals surface area (Å²) in [5.74, 6) is 0.0221. The molecule has 10 rings (SSSR count). The normalized spacial score (nSPS) is 15.2. The molecule has 3 aliphatic rings. The van der Waals surface area contributed by atoms with Crippen LogP contribution >= 0.6 is 33.6 Å². The minimum Gasteiger partial charge on any atom is -0.308 e. The maximum absolute atomic E-state index is 15.7. The van der Waals surface area contributed by atoms with E-state index in [1.54, 1.807) is 24.3 Å². The molecule has 7 aromatic rings. The van der Waals surface area contributed by atoms with Crippen molar-refractivity contribution in [3.8, 4) is 0 Å². The SMILES string of the molecule is Fc1ccc2c(c1)S(Cc1ccccc1)(c1ccccc1)c1cc(F)ccc1N2c1cc2c3c(c1)Sc1ccccc1B3c1ccccc1S2. The summed E-state index contributed by atoms with van der Waals surface area (Å²) >= 11 is 3.63. The van der Waals surface area contributed by atoms with Gasteiger partial charge >= 0.3 is 0 Å². The Bertz CT molecular complexity index is 2350. The number of hydrogen-bond acceptors (Lipinski definition) is 3. The lowest BCUT2D eigenvalue weighted by atomic mass is 9.36. The Balaban J connectivity index is 1.25. The van der Waals surface area contributed by atoms with Gasteiger partial charge in [-0.1, -0.05) is 119 Å². The molecule has 0 spiro atoms. The standard InChI is InChI=1S/C43H28BF2NS3/c45-29-19-21-35-41(23-29)50(32-13-5-2-6-14-32,27-28-11-3-1-4-12-28)42-24-30(46)20-22-36(42)47(35)31-25-39-43-40(26-31)49-38-18-10-8-16-34(38)44(43)33-15-7-9-17-37(33)48-39/h1-26H,27H2. The van der Waals surface area contributed by atoms with Crippen molar-refractivity contribution >= 4 is 73.7 Å². The van der Waals surface area contributed by atoms with Crippen molar-refractivity contribution in [2.24, 2.45) is 0 Å². The predicted octanol–water partition coefficient (Wildman–Crippen LogP) is 10.7. The Morgan fingerprint density at radius 1 is 0.520 bits per heavy atom. The topological polar surface area (TPSA) is 3.24 Å². The Labute approximate surface area is 300 Å². The van der Waals surface area contributed by atoms with Crippen LogP contribution in [0.4, 0.5) is 25.8 Å². The van der Waals surface area contributed by atoms with Crippen molar-refractivity contribution in [2.75, 3.05) is 4.90 Å². The van der Waals surface area contributed by atoms with Gasteiger partial charge in [-0.2, -0.15) is 10.0 Å². The van der Waals surface area contributed by atoms with Crippen molar-refractivity contribution in [1.29, 1.82) is 0 Å². The van der Waals surface area contributed by atoms with Crippen molar-refractivity contribution in [1.82, 2.24) is 0 Å². The third-order valence-electron chi connectivity index (χ3n) is 9.98. The Morgan fingerprint density at radius 2 is 1.02 bits per heavy atom. The summed E-state index contributed by atoms with van der Waals surface area (Å²) in [6.45, 7) is 0.147. The molecule has 0 aliphatic carbocycles. The molecule has 7 aromatic carbocycles. The summed E-state index contributed by atoms with van der Waals surface area (Å²) in [5, 5.41) is 0. The number of anilines is 3. The summed E-state index contributed by atoms with van der Waals surface area (Å²) in [4.78, 5) is 10.1. The third-order valence-corrected chi connectivity index (χ3v) is 16.3. The zero-order chi connectivity index (χ0) is 33.4. The minimum absolute atomic E-state index is 0.147. The molecule has 1 nitrogen and oxygen atoms in total. The molecule has 0 saturated heterocycles. The van der Waals surface area contributed by atoms with E-state index in [-0.39, 0.29) is 18.3 Å². The Hall–Kier alpha value is -4.69. The van der Waals surface area contributed by atoms with Gasteiger partial charge in [0.15, 0.2) is 0 Å². The second-order valence-corrected chi connectivity index (χ2v) is 18.1. The largest absolute Gasteiger partial charge is 0.308 e. The molecule has 0 radical (unpaired) electrons. The first-order valence-electron chi connectivity index (χ1n) is 16.6. The molecule has 0 N–H and O–H groups in total. The molecule has 0 bridgehead atoms. The van der Waals surface area contributed by atoms with E-state index in [2.05, 4.69) is 89.8 Å². The molecule has 0 fully saturated rings. The lowest BCUT2D eigenvalue weighted by Crippen LogP contribution is -2.58. The lowest BCUT2D eigenvalue weighted by Gasteiger charge is -2.50. The number of nitrogens with zero attached hydrogens (tertiary/aromatic N) is 1. The molecule has 3 aliphatic heterocycles.